The lowest BCUT2D eigenvalue weighted by molar-refractivity contribution is -0.146. The van der Waals surface area contributed by atoms with Crippen LogP contribution in [0.15, 0.2) is 24.3 Å². The van der Waals surface area contributed by atoms with E-state index in [0.717, 1.165) is 5.56 Å². The lowest BCUT2D eigenvalue weighted by atomic mass is 10.2. The number of carbonyl (C=O) groups excluding carboxylic acids is 2. The van der Waals surface area contributed by atoms with E-state index in [1.54, 1.807) is 45.5 Å². The number of hydrogen-bond acceptors (Lipinski definition) is 5. The molecule has 21 heavy (non-hydrogen) atoms. The van der Waals surface area contributed by atoms with Gasteiger partial charge in [-0.25, -0.2) is 4.79 Å². The lowest BCUT2D eigenvalue weighted by Crippen LogP contribution is -2.27. The van der Waals surface area contributed by atoms with E-state index >= 15 is 0 Å². The maximum absolute atomic E-state index is 11.5. The first-order valence-corrected chi connectivity index (χ1v) is 6.25. The fourth-order valence-electron chi connectivity index (χ4n) is 1.43. The zero-order chi connectivity index (χ0) is 15.8. The van der Waals surface area contributed by atoms with Crippen molar-refractivity contribution in [1.29, 1.82) is 0 Å². The third-order valence-electron chi connectivity index (χ3n) is 2.66. The number of esters is 1. The zero-order valence-corrected chi connectivity index (χ0v) is 12.6. The van der Waals surface area contributed by atoms with Gasteiger partial charge in [-0.1, -0.05) is 6.07 Å². The van der Waals surface area contributed by atoms with Crippen molar-refractivity contribution >= 4 is 18.0 Å². The Labute approximate surface area is 123 Å². The highest BCUT2D eigenvalue weighted by atomic mass is 16.5. The standard InChI is InChI=1S/C15H19NO5/c1-16(2)14(17)10-21-15(18)8-6-11-5-7-12(19-3)13(9-11)20-4/h5-9H,10H2,1-4H3. The van der Waals surface area contributed by atoms with Gasteiger partial charge in [-0.05, 0) is 23.8 Å². The summed E-state index contributed by atoms with van der Waals surface area (Å²) in [6.45, 7) is -0.276. The highest BCUT2D eigenvalue weighted by molar-refractivity contribution is 5.89. The third-order valence-corrected chi connectivity index (χ3v) is 2.66. The molecule has 0 atom stereocenters. The smallest absolute Gasteiger partial charge is 0.331 e. The maximum atomic E-state index is 11.5. The Balaban J connectivity index is 2.64. The fraction of sp³-hybridized carbons (Fsp3) is 0.333. The Morgan fingerprint density at radius 2 is 1.81 bits per heavy atom. The second kappa shape index (κ2) is 7.94. The molecule has 1 aromatic carbocycles. The minimum atomic E-state index is -0.583. The minimum Gasteiger partial charge on any atom is -0.493 e. The summed E-state index contributed by atoms with van der Waals surface area (Å²) in [7, 11) is 6.27. The number of hydrogen-bond donors (Lipinski definition) is 0. The van der Waals surface area contributed by atoms with Gasteiger partial charge in [-0.3, -0.25) is 4.79 Å². The second-order valence-electron chi connectivity index (χ2n) is 4.34. The molecule has 0 aliphatic heterocycles. The maximum Gasteiger partial charge on any atom is 0.331 e. The van der Waals surface area contributed by atoms with Crippen LogP contribution in [0, 0.1) is 0 Å². The first kappa shape index (κ1) is 16.6. The van der Waals surface area contributed by atoms with Crippen LogP contribution in [0.5, 0.6) is 11.5 Å². The van der Waals surface area contributed by atoms with Crippen molar-refractivity contribution < 1.29 is 23.8 Å². The number of likely N-dealkylation sites (N-methyl/N-ethyl adjacent to an activating group) is 1. The molecule has 0 heterocycles. The van der Waals surface area contributed by atoms with E-state index in [1.807, 2.05) is 0 Å². The Morgan fingerprint density at radius 1 is 1.14 bits per heavy atom. The quantitative estimate of drug-likeness (QED) is 0.585. The highest BCUT2D eigenvalue weighted by Gasteiger charge is 2.07. The number of benzene rings is 1. The molecule has 1 rings (SSSR count). The van der Waals surface area contributed by atoms with Crippen molar-refractivity contribution in [3.05, 3.63) is 29.8 Å². The summed E-state index contributed by atoms with van der Waals surface area (Å²) >= 11 is 0. The average molecular weight is 293 g/mol. The monoisotopic (exact) mass is 293 g/mol. The van der Waals surface area contributed by atoms with Crippen molar-refractivity contribution in [2.45, 2.75) is 0 Å². The minimum absolute atomic E-state index is 0.275. The van der Waals surface area contributed by atoms with Crippen molar-refractivity contribution in [2.75, 3.05) is 34.9 Å². The van der Waals surface area contributed by atoms with Crippen LogP contribution in [0.1, 0.15) is 5.56 Å². The van der Waals surface area contributed by atoms with E-state index in [4.69, 9.17) is 14.2 Å². The normalized spacial score (nSPS) is 10.3. The molecule has 0 fully saturated rings. The summed E-state index contributed by atoms with van der Waals surface area (Å²) in [5.74, 6) is 0.312. The van der Waals surface area contributed by atoms with E-state index in [0.29, 0.717) is 11.5 Å². The highest BCUT2D eigenvalue weighted by Crippen LogP contribution is 2.27. The van der Waals surface area contributed by atoms with Gasteiger partial charge in [0.2, 0.25) is 0 Å². The van der Waals surface area contributed by atoms with Crippen LogP contribution in [0.25, 0.3) is 6.08 Å². The van der Waals surface area contributed by atoms with E-state index < -0.39 is 5.97 Å². The number of methoxy groups -OCH3 is 2. The molecule has 0 aliphatic carbocycles. The fourth-order valence-corrected chi connectivity index (χ4v) is 1.43. The van der Waals surface area contributed by atoms with Gasteiger partial charge < -0.3 is 19.1 Å². The first-order valence-electron chi connectivity index (χ1n) is 6.25. The largest absolute Gasteiger partial charge is 0.493 e. The summed E-state index contributed by atoms with van der Waals surface area (Å²) in [5.41, 5.74) is 0.753. The van der Waals surface area contributed by atoms with Crippen molar-refractivity contribution in [3.8, 4) is 11.5 Å². The molecule has 0 aromatic heterocycles. The van der Waals surface area contributed by atoms with Crippen molar-refractivity contribution in [1.82, 2.24) is 4.90 Å². The van der Waals surface area contributed by atoms with Gasteiger partial charge in [0.15, 0.2) is 18.1 Å². The van der Waals surface area contributed by atoms with E-state index in [-0.39, 0.29) is 12.5 Å². The molecular weight excluding hydrogens is 274 g/mol. The molecule has 0 spiro atoms. The van der Waals surface area contributed by atoms with Gasteiger partial charge in [-0.15, -0.1) is 0 Å². The van der Waals surface area contributed by atoms with Gasteiger partial charge in [0.05, 0.1) is 14.2 Å². The van der Waals surface area contributed by atoms with E-state index in [9.17, 15) is 9.59 Å². The summed E-state index contributed by atoms with van der Waals surface area (Å²) in [4.78, 5) is 24.1. The Bertz CT molecular complexity index is 537. The van der Waals surface area contributed by atoms with Crippen LogP contribution in [0.2, 0.25) is 0 Å². The Kier molecular flexibility index (Phi) is 6.26. The van der Waals surface area contributed by atoms with Crippen LogP contribution in [0.3, 0.4) is 0 Å². The lowest BCUT2D eigenvalue weighted by Gasteiger charge is -2.09. The number of amides is 1. The molecule has 0 radical (unpaired) electrons. The third kappa shape index (κ3) is 5.18. The van der Waals surface area contributed by atoms with Crippen LogP contribution in [-0.4, -0.2) is 51.7 Å². The number of nitrogens with zero attached hydrogens (tertiary/aromatic N) is 1. The summed E-state index contributed by atoms with van der Waals surface area (Å²) < 4.78 is 15.1. The van der Waals surface area contributed by atoms with Gasteiger partial charge in [-0.2, -0.15) is 0 Å². The Hall–Kier alpha value is -2.50. The van der Waals surface area contributed by atoms with E-state index in [2.05, 4.69) is 0 Å². The predicted octanol–water partition coefficient (Wildman–Crippen LogP) is 1.35. The molecule has 1 aromatic rings. The number of ether oxygens (including phenoxy) is 3. The molecule has 0 N–H and O–H groups in total. The molecule has 6 nitrogen and oxygen atoms in total. The number of carbonyl (C=O) groups is 2. The van der Waals surface area contributed by atoms with Crippen molar-refractivity contribution in [3.63, 3.8) is 0 Å². The van der Waals surface area contributed by atoms with E-state index in [1.165, 1.54) is 18.1 Å². The van der Waals surface area contributed by atoms with Gasteiger partial charge in [0.1, 0.15) is 0 Å². The molecule has 1 amide bonds. The Morgan fingerprint density at radius 3 is 2.38 bits per heavy atom. The molecule has 0 saturated heterocycles. The molecule has 0 aliphatic rings. The van der Waals surface area contributed by atoms with Crippen LogP contribution < -0.4 is 9.47 Å². The van der Waals surface area contributed by atoms with Gasteiger partial charge in [0, 0.05) is 20.2 Å². The van der Waals surface area contributed by atoms with Gasteiger partial charge in [0.25, 0.3) is 5.91 Å². The summed E-state index contributed by atoms with van der Waals surface area (Å²) in [6.07, 6.45) is 2.83. The topological polar surface area (TPSA) is 65.1 Å². The molecule has 0 bridgehead atoms. The first-order chi connectivity index (χ1) is 9.97. The average Bonchev–Trinajstić information content (AvgIpc) is 2.49. The zero-order valence-electron chi connectivity index (χ0n) is 12.6. The molecular formula is C15H19NO5. The van der Waals surface area contributed by atoms with Crippen molar-refractivity contribution in [2.24, 2.45) is 0 Å². The molecule has 0 unspecified atom stereocenters. The van der Waals surface area contributed by atoms with Crippen LogP contribution >= 0.6 is 0 Å². The van der Waals surface area contributed by atoms with Gasteiger partial charge >= 0.3 is 5.97 Å². The van der Waals surface area contributed by atoms with Crippen LogP contribution in [0.4, 0.5) is 0 Å². The molecule has 114 valence electrons. The summed E-state index contributed by atoms with van der Waals surface area (Å²) in [5, 5.41) is 0. The SMILES string of the molecule is COc1ccc(C=CC(=O)OCC(=O)N(C)C)cc1OC. The second-order valence-corrected chi connectivity index (χ2v) is 4.34. The molecule has 0 saturated carbocycles. The van der Waals surface area contributed by atoms with Crippen LogP contribution in [-0.2, 0) is 14.3 Å². The predicted molar refractivity (Wildman–Crippen MR) is 78.2 cm³/mol. The number of rotatable bonds is 6. The molecule has 6 heteroatoms. The summed E-state index contributed by atoms with van der Waals surface area (Å²) in [6, 6.07) is 5.24.